The molecule has 0 bridgehead atoms. The van der Waals surface area contributed by atoms with Gasteiger partial charge in [-0.3, -0.25) is 9.59 Å². The van der Waals surface area contributed by atoms with Gasteiger partial charge in [-0.2, -0.15) is 0 Å². The number of nitrogens with zero attached hydrogens (tertiary/aromatic N) is 1. The molecule has 5 nitrogen and oxygen atoms in total. The Morgan fingerprint density at radius 3 is 2.60 bits per heavy atom. The molecule has 1 aliphatic heterocycles. The van der Waals surface area contributed by atoms with Gasteiger partial charge in [0.2, 0.25) is 5.91 Å². The zero-order valence-corrected chi connectivity index (χ0v) is 9.19. The minimum Gasteiger partial charge on any atom is -0.481 e. The molecule has 0 aromatic carbocycles. The Hall–Kier alpha value is -1.10. The summed E-state index contributed by atoms with van der Waals surface area (Å²) in [6.45, 7) is 3.89. The Morgan fingerprint density at radius 1 is 1.47 bits per heavy atom. The highest BCUT2D eigenvalue weighted by Gasteiger charge is 2.31. The van der Waals surface area contributed by atoms with Crippen molar-refractivity contribution in [2.24, 2.45) is 11.8 Å². The molecule has 0 aromatic heterocycles. The SMILES string of the molecule is CC1CNCC1C(=O)N(C)CCC(=O)O. The fraction of sp³-hybridized carbons (Fsp3) is 0.800. The second-order valence-electron chi connectivity index (χ2n) is 4.15. The van der Waals surface area contributed by atoms with E-state index in [2.05, 4.69) is 5.32 Å². The third kappa shape index (κ3) is 3.20. The fourth-order valence-electron chi connectivity index (χ4n) is 1.80. The molecular weight excluding hydrogens is 196 g/mol. The summed E-state index contributed by atoms with van der Waals surface area (Å²) in [5.41, 5.74) is 0. The van der Waals surface area contributed by atoms with Crippen LogP contribution >= 0.6 is 0 Å². The van der Waals surface area contributed by atoms with Gasteiger partial charge in [0.05, 0.1) is 12.3 Å². The van der Waals surface area contributed by atoms with Crippen molar-refractivity contribution in [3.63, 3.8) is 0 Å². The van der Waals surface area contributed by atoms with Crippen molar-refractivity contribution < 1.29 is 14.7 Å². The molecule has 1 fully saturated rings. The largest absolute Gasteiger partial charge is 0.481 e. The van der Waals surface area contributed by atoms with Gasteiger partial charge in [0.1, 0.15) is 0 Å². The third-order valence-electron chi connectivity index (χ3n) is 2.87. The number of hydrogen-bond acceptors (Lipinski definition) is 3. The standard InChI is InChI=1S/C10H18N2O3/c1-7-5-11-6-8(7)10(15)12(2)4-3-9(13)14/h7-8,11H,3-6H2,1-2H3,(H,13,14). The molecule has 1 saturated heterocycles. The Kier molecular flexibility index (Phi) is 4.08. The van der Waals surface area contributed by atoms with Gasteiger partial charge < -0.3 is 15.3 Å². The van der Waals surface area contributed by atoms with Gasteiger partial charge >= 0.3 is 5.97 Å². The quantitative estimate of drug-likeness (QED) is 0.678. The van der Waals surface area contributed by atoms with Crippen LogP contribution in [0, 0.1) is 11.8 Å². The van der Waals surface area contributed by atoms with Crippen LogP contribution in [0.1, 0.15) is 13.3 Å². The van der Waals surface area contributed by atoms with Crippen LogP contribution in [-0.2, 0) is 9.59 Å². The van der Waals surface area contributed by atoms with Crippen molar-refractivity contribution in [1.82, 2.24) is 10.2 Å². The predicted octanol–water partition coefficient (Wildman–Crippen LogP) is -0.225. The highest BCUT2D eigenvalue weighted by Crippen LogP contribution is 2.17. The summed E-state index contributed by atoms with van der Waals surface area (Å²) in [7, 11) is 1.66. The van der Waals surface area contributed by atoms with Crippen LogP contribution in [0.5, 0.6) is 0 Å². The van der Waals surface area contributed by atoms with Crippen molar-refractivity contribution in [3.8, 4) is 0 Å². The molecule has 86 valence electrons. The summed E-state index contributed by atoms with van der Waals surface area (Å²) in [5, 5.41) is 11.7. The predicted molar refractivity (Wildman–Crippen MR) is 55.4 cm³/mol. The maximum atomic E-state index is 11.9. The van der Waals surface area contributed by atoms with E-state index in [4.69, 9.17) is 5.11 Å². The van der Waals surface area contributed by atoms with Gasteiger partial charge in [-0.1, -0.05) is 6.92 Å². The molecule has 2 N–H and O–H groups in total. The van der Waals surface area contributed by atoms with Crippen LogP contribution in [-0.4, -0.2) is 48.6 Å². The Bertz CT molecular complexity index is 255. The summed E-state index contributed by atoms with van der Waals surface area (Å²) in [4.78, 5) is 23.7. The van der Waals surface area contributed by atoms with Crippen molar-refractivity contribution >= 4 is 11.9 Å². The Morgan fingerprint density at radius 2 is 2.13 bits per heavy atom. The average Bonchev–Trinajstić information content (AvgIpc) is 2.59. The van der Waals surface area contributed by atoms with Crippen molar-refractivity contribution in [1.29, 1.82) is 0 Å². The molecule has 5 heteroatoms. The Balaban J connectivity index is 2.41. The molecule has 0 spiro atoms. The first kappa shape index (κ1) is 12.0. The molecule has 0 saturated carbocycles. The van der Waals surface area contributed by atoms with Gasteiger partial charge in [-0.05, 0) is 12.5 Å². The van der Waals surface area contributed by atoms with Gasteiger partial charge in [-0.15, -0.1) is 0 Å². The summed E-state index contributed by atoms with van der Waals surface area (Å²) in [6, 6.07) is 0. The molecular formula is C10H18N2O3. The topological polar surface area (TPSA) is 69.6 Å². The summed E-state index contributed by atoms with van der Waals surface area (Å²) in [5.74, 6) is -0.477. The molecule has 2 atom stereocenters. The second kappa shape index (κ2) is 5.11. The number of nitrogens with one attached hydrogen (secondary N) is 1. The monoisotopic (exact) mass is 214 g/mol. The summed E-state index contributed by atoms with van der Waals surface area (Å²) >= 11 is 0. The molecule has 1 heterocycles. The lowest BCUT2D eigenvalue weighted by Gasteiger charge is -2.22. The van der Waals surface area contributed by atoms with E-state index >= 15 is 0 Å². The molecule has 1 rings (SSSR count). The number of aliphatic carboxylic acids is 1. The highest BCUT2D eigenvalue weighted by molar-refractivity contribution is 5.80. The molecule has 0 aliphatic carbocycles. The number of rotatable bonds is 4. The minimum atomic E-state index is -0.868. The van der Waals surface area contributed by atoms with Gasteiger partial charge in [-0.25, -0.2) is 0 Å². The number of carbonyl (C=O) groups is 2. The fourth-order valence-corrected chi connectivity index (χ4v) is 1.80. The molecule has 0 radical (unpaired) electrons. The number of carbonyl (C=O) groups excluding carboxylic acids is 1. The van der Waals surface area contributed by atoms with E-state index in [0.717, 1.165) is 6.54 Å². The lowest BCUT2D eigenvalue weighted by molar-refractivity contribution is -0.139. The first-order valence-electron chi connectivity index (χ1n) is 5.20. The van der Waals surface area contributed by atoms with Crippen LogP contribution in [0.4, 0.5) is 0 Å². The molecule has 2 unspecified atom stereocenters. The van der Waals surface area contributed by atoms with E-state index in [1.54, 1.807) is 7.05 Å². The van der Waals surface area contributed by atoms with Gasteiger partial charge in [0, 0.05) is 20.1 Å². The third-order valence-corrected chi connectivity index (χ3v) is 2.87. The number of carboxylic acid groups (broad SMARTS) is 1. The number of carboxylic acids is 1. The number of amides is 1. The van der Waals surface area contributed by atoms with Crippen molar-refractivity contribution in [3.05, 3.63) is 0 Å². The summed E-state index contributed by atoms with van der Waals surface area (Å²) < 4.78 is 0. The van der Waals surface area contributed by atoms with Crippen molar-refractivity contribution in [2.75, 3.05) is 26.7 Å². The summed E-state index contributed by atoms with van der Waals surface area (Å²) in [6.07, 6.45) is 0.0107. The second-order valence-corrected chi connectivity index (χ2v) is 4.15. The van der Waals surface area contributed by atoms with Crippen molar-refractivity contribution in [2.45, 2.75) is 13.3 Å². The molecule has 1 amide bonds. The molecule has 1 aliphatic rings. The van der Waals surface area contributed by atoms with Crippen LogP contribution < -0.4 is 5.32 Å². The lowest BCUT2D eigenvalue weighted by Crippen LogP contribution is -2.37. The maximum absolute atomic E-state index is 11.9. The van der Waals surface area contributed by atoms with Crippen LogP contribution in [0.15, 0.2) is 0 Å². The van der Waals surface area contributed by atoms with E-state index in [1.807, 2.05) is 6.92 Å². The first-order valence-corrected chi connectivity index (χ1v) is 5.20. The minimum absolute atomic E-state index is 0.00351. The van der Waals surface area contributed by atoms with E-state index in [1.165, 1.54) is 4.90 Å². The van der Waals surface area contributed by atoms with E-state index in [0.29, 0.717) is 12.5 Å². The highest BCUT2D eigenvalue weighted by atomic mass is 16.4. The van der Waals surface area contributed by atoms with E-state index < -0.39 is 5.97 Å². The van der Waals surface area contributed by atoms with Crippen LogP contribution in [0.25, 0.3) is 0 Å². The zero-order valence-electron chi connectivity index (χ0n) is 9.19. The zero-order chi connectivity index (χ0) is 11.4. The maximum Gasteiger partial charge on any atom is 0.305 e. The van der Waals surface area contributed by atoms with Crippen LogP contribution in [0.3, 0.4) is 0 Å². The first-order chi connectivity index (χ1) is 7.02. The van der Waals surface area contributed by atoms with Gasteiger partial charge in [0.25, 0.3) is 0 Å². The van der Waals surface area contributed by atoms with Gasteiger partial charge in [0.15, 0.2) is 0 Å². The smallest absolute Gasteiger partial charge is 0.305 e. The lowest BCUT2D eigenvalue weighted by atomic mass is 9.97. The number of hydrogen-bond donors (Lipinski definition) is 2. The van der Waals surface area contributed by atoms with E-state index in [9.17, 15) is 9.59 Å². The molecule has 0 aromatic rings. The molecule has 15 heavy (non-hydrogen) atoms. The normalized spacial score (nSPS) is 25.2. The van der Waals surface area contributed by atoms with E-state index in [-0.39, 0.29) is 24.8 Å². The van der Waals surface area contributed by atoms with Crippen LogP contribution in [0.2, 0.25) is 0 Å². The Labute approximate surface area is 89.4 Å². The average molecular weight is 214 g/mol.